The molecule has 0 N–H and O–H groups in total. The molecule has 2 heteroatoms. The Bertz CT molecular complexity index is 528. The predicted molar refractivity (Wildman–Crippen MR) is 85.8 cm³/mol. The first kappa shape index (κ1) is 14.9. The summed E-state index contributed by atoms with van der Waals surface area (Å²) in [6.45, 7) is 4.40. The number of hydrogen-bond acceptors (Lipinski definition) is 1. The minimum atomic E-state index is 0.00427. The van der Waals surface area contributed by atoms with Gasteiger partial charge in [0, 0.05) is 0 Å². The van der Waals surface area contributed by atoms with Crippen molar-refractivity contribution in [3.05, 3.63) is 65.2 Å². The third-order valence-corrected chi connectivity index (χ3v) is 3.95. The van der Waals surface area contributed by atoms with E-state index >= 15 is 0 Å². The molecular formula is C18H21ClO. The smallest absolute Gasteiger partial charge is 0.118 e. The van der Waals surface area contributed by atoms with Crippen LogP contribution in [0.4, 0.5) is 0 Å². The largest absolute Gasteiger partial charge is 0.497 e. The maximum Gasteiger partial charge on any atom is 0.118 e. The van der Waals surface area contributed by atoms with Crippen LogP contribution in [0.25, 0.3) is 0 Å². The summed E-state index contributed by atoms with van der Waals surface area (Å²) in [6, 6.07) is 16.7. The molecule has 1 unspecified atom stereocenters. The molecule has 2 aromatic rings. The van der Waals surface area contributed by atoms with Crippen molar-refractivity contribution < 1.29 is 4.74 Å². The minimum Gasteiger partial charge on any atom is -0.497 e. The van der Waals surface area contributed by atoms with Gasteiger partial charge in [0.05, 0.1) is 12.5 Å². The van der Waals surface area contributed by atoms with E-state index in [4.69, 9.17) is 16.3 Å². The number of methoxy groups -OCH3 is 1. The van der Waals surface area contributed by atoms with Crippen molar-refractivity contribution in [2.45, 2.75) is 31.6 Å². The maximum atomic E-state index is 6.52. The fourth-order valence-electron chi connectivity index (χ4n) is 2.18. The normalized spacial score (nSPS) is 12.4. The van der Waals surface area contributed by atoms with Crippen LogP contribution in [0.3, 0.4) is 0 Å². The Morgan fingerprint density at radius 1 is 0.900 bits per heavy atom. The van der Waals surface area contributed by atoms with E-state index in [1.807, 2.05) is 12.1 Å². The lowest BCUT2D eigenvalue weighted by Gasteiger charge is -2.12. The summed E-state index contributed by atoms with van der Waals surface area (Å²) in [4.78, 5) is 0. The topological polar surface area (TPSA) is 9.23 Å². The SMILES string of the molecule is COc1ccc(CC(Cl)c2ccc(C(C)C)cc2)cc1. The second kappa shape index (κ2) is 6.81. The van der Waals surface area contributed by atoms with Gasteiger partial charge in [-0.15, -0.1) is 11.6 Å². The van der Waals surface area contributed by atoms with E-state index in [-0.39, 0.29) is 5.38 Å². The summed E-state index contributed by atoms with van der Waals surface area (Å²) < 4.78 is 5.16. The van der Waals surface area contributed by atoms with Crippen LogP contribution >= 0.6 is 11.6 Å². The van der Waals surface area contributed by atoms with Gasteiger partial charge < -0.3 is 4.74 Å². The average Bonchev–Trinajstić information content (AvgIpc) is 2.48. The monoisotopic (exact) mass is 288 g/mol. The third-order valence-electron chi connectivity index (χ3n) is 3.54. The van der Waals surface area contributed by atoms with E-state index in [2.05, 4.69) is 50.2 Å². The molecule has 106 valence electrons. The summed E-state index contributed by atoms with van der Waals surface area (Å²) >= 11 is 6.52. The molecule has 0 aromatic heterocycles. The zero-order valence-electron chi connectivity index (χ0n) is 12.3. The summed E-state index contributed by atoms with van der Waals surface area (Å²) in [7, 11) is 1.68. The number of alkyl halides is 1. The Morgan fingerprint density at radius 3 is 1.95 bits per heavy atom. The van der Waals surface area contributed by atoms with Gasteiger partial charge in [-0.25, -0.2) is 0 Å². The van der Waals surface area contributed by atoms with Gasteiger partial charge >= 0.3 is 0 Å². The van der Waals surface area contributed by atoms with E-state index in [9.17, 15) is 0 Å². The van der Waals surface area contributed by atoms with Crippen molar-refractivity contribution in [1.82, 2.24) is 0 Å². The molecule has 1 nitrogen and oxygen atoms in total. The molecular weight excluding hydrogens is 268 g/mol. The van der Waals surface area contributed by atoms with Crippen LogP contribution in [0, 0.1) is 0 Å². The van der Waals surface area contributed by atoms with E-state index in [1.165, 1.54) is 16.7 Å². The fourth-order valence-corrected chi connectivity index (χ4v) is 2.50. The van der Waals surface area contributed by atoms with E-state index < -0.39 is 0 Å². The Kier molecular flexibility index (Phi) is 5.08. The van der Waals surface area contributed by atoms with Crippen molar-refractivity contribution in [3.63, 3.8) is 0 Å². The predicted octanol–water partition coefficient (Wildman–Crippen LogP) is 5.34. The highest BCUT2D eigenvalue weighted by atomic mass is 35.5. The molecule has 0 saturated heterocycles. The first-order chi connectivity index (χ1) is 9.60. The lowest BCUT2D eigenvalue weighted by Crippen LogP contribution is -1.97. The zero-order valence-corrected chi connectivity index (χ0v) is 13.0. The number of ether oxygens (including phenoxy) is 1. The van der Waals surface area contributed by atoms with Crippen LogP contribution in [0.15, 0.2) is 48.5 Å². The van der Waals surface area contributed by atoms with Gasteiger partial charge in [-0.2, -0.15) is 0 Å². The average molecular weight is 289 g/mol. The second-order valence-electron chi connectivity index (χ2n) is 5.34. The van der Waals surface area contributed by atoms with Gasteiger partial charge in [-0.1, -0.05) is 50.2 Å². The van der Waals surface area contributed by atoms with Crippen LogP contribution in [-0.2, 0) is 6.42 Å². The van der Waals surface area contributed by atoms with Crippen molar-refractivity contribution in [2.24, 2.45) is 0 Å². The summed E-state index contributed by atoms with van der Waals surface area (Å²) in [5.41, 5.74) is 3.74. The minimum absolute atomic E-state index is 0.00427. The van der Waals surface area contributed by atoms with Crippen molar-refractivity contribution in [3.8, 4) is 5.75 Å². The molecule has 0 heterocycles. The van der Waals surface area contributed by atoms with Crippen LogP contribution in [-0.4, -0.2) is 7.11 Å². The van der Waals surface area contributed by atoms with Gasteiger partial charge in [0.25, 0.3) is 0 Å². The Hall–Kier alpha value is -1.47. The number of halogens is 1. The van der Waals surface area contributed by atoms with Crippen molar-refractivity contribution in [1.29, 1.82) is 0 Å². The molecule has 1 atom stereocenters. The van der Waals surface area contributed by atoms with E-state index in [0.717, 1.165) is 12.2 Å². The number of benzene rings is 2. The van der Waals surface area contributed by atoms with Crippen LogP contribution < -0.4 is 4.74 Å². The molecule has 0 amide bonds. The van der Waals surface area contributed by atoms with Crippen molar-refractivity contribution in [2.75, 3.05) is 7.11 Å². The van der Waals surface area contributed by atoms with Gasteiger partial charge in [0.1, 0.15) is 5.75 Å². The number of rotatable bonds is 5. The Morgan fingerprint density at radius 2 is 1.45 bits per heavy atom. The first-order valence-corrected chi connectivity index (χ1v) is 7.40. The zero-order chi connectivity index (χ0) is 14.5. The maximum absolute atomic E-state index is 6.52. The van der Waals surface area contributed by atoms with Crippen molar-refractivity contribution >= 4 is 11.6 Å². The highest BCUT2D eigenvalue weighted by Crippen LogP contribution is 2.27. The summed E-state index contributed by atoms with van der Waals surface area (Å²) in [5, 5.41) is 0.00427. The summed E-state index contributed by atoms with van der Waals surface area (Å²) in [6.07, 6.45) is 0.826. The highest BCUT2D eigenvalue weighted by molar-refractivity contribution is 6.20. The molecule has 2 aromatic carbocycles. The fraction of sp³-hybridized carbons (Fsp3) is 0.333. The van der Waals surface area contributed by atoms with Gasteiger partial charge in [-0.3, -0.25) is 0 Å². The quantitative estimate of drug-likeness (QED) is 0.675. The lowest BCUT2D eigenvalue weighted by molar-refractivity contribution is 0.414. The molecule has 0 radical (unpaired) electrons. The molecule has 0 fully saturated rings. The standard InChI is InChI=1S/C18H21ClO/c1-13(2)15-6-8-16(9-7-15)18(19)12-14-4-10-17(20-3)11-5-14/h4-11,13,18H,12H2,1-3H3. The first-order valence-electron chi connectivity index (χ1n) is 6.97. The third kappa shape index (κ3) is 3.77. The molecule has 0 aliphatic heterocycles. The molecule has 0 aliphatic carbocycles. The van der Waals surface area contributed by atoms with E-state index in [0.29, 0.717) is 5.92 Å². The Labute approximate surface area is 126 Å². The summed E-state index contributed by atoms with van der Waals surface area (Å²) in [5.74, 6) is 1.43. The van der Waals surface area contributed by atoms with Gasteiger partial charge in [0.2, 0.25) is 0 Å². The number of hydrogen-bond donors (Lipinski definition) is 0. The second-order valence-corrected chi connectivity index (χ2v) is 5.87. The van der Waals surface area contributed by atoms with Crippen LogP contribution in [0.1, 0.15) is 41.8 Å². The molecule has 20 heavy (non-hydrogen) atoms. The highest BCUT2D eigenvalue weighted by Gasteiger charge is 2.09. The Balaban J connectivity index is 2.04. The van der Waals surface area contributed by atoms with E-state index in [1.54, 1.807) is 7.11 Å². The van der Waals surface area contributed by atoms with Crippen LogP contribution in [0.5, 0.6) is 5.75 Å². The van der Waals surface area contributed by atoms with Gasteiger partial charge in [0.15, 0.2) is 0 Å². The molecule has 0 spiro atoms. The molecule has 0 bridgehead atoms. The lowest BCUT2D eigenvalue weighted by atomic mass is 9.98. The van der Waals surface area contributed by atoms with Gasteiger partial charge in [-0.05, 0) is 41.2 Å². The molecule has 2 rings (SSSR count). The molecule has 0 aliphatic rings. The van der Waals surface area contributed by atoms with Crippen LogP contribution in [0.2, 0.25) is 0 Å². The molecule has 0 saturated carbocycles.